The van der Waals surface area contributed by atoms with Crippen molar-refractivity contribution < 1.29 is 22.7 Å². The molecule has 0 aliphatic rings. The molecule has 0 saturated heterocycles. The van der Waals surface area contributed by atoms with Crippen molar-refractivity contribution in [1.82, 2.24) is 5.32 Å². The van der Waals surface area contributed by atoms with E-state index in [0.717, 1.165) is 0 Å². The van der Waals surface area contributed by atoms with E-state index in [1.165, 1.54) is 6.92 Å². The molecule has 1 unspecified atom stereocenters. The minimum Gasteiger partial charge on any atom is -0.464 e. The van der Waals surface area contributed by atoms with Gasteiger partial charge in [0.05, 0.1) is 13.2 Å². The molecule has 0 fully saturated rings. The lowest BCUT2D eigenvalue weighted by Gasteiger charge is -2.29. The first-order valence-corrected chi connectivity index (χ1v) is 5.84. The third-order valence-electron chi connectivity index (χ3n) is 2.68. The summed E-state index contributed by atoms with van der Waals surface area (Å²) in [4.78, 5) is 11.9. The number of carbonyl (C=O) groups excluding carboxylic acids is 1. The molecule has 0 bridgehead atoms. The van der Waals surface area contributed by atoms with E-state index in [1.54, 1.807) is 37.3 Å². The van der Waals surface area contributed by atoms with Crippen molar-refractivity contribution in [3.05, 3.63) is 35.9 Å². The lowest BCUT2D eigenvalue weighted by Crippen LogP contribution is -2.50. The van der Waals surface area contributed by atoms with Crippen LogP contribution in [0.5, 0.6) is 0 Å². The zero-order valence-electron chi connectivity index (χ0n) is 10.8. The molecule has 1 aromatic carbocycles. The summed E-state index contributed by atoms with van der Waals surface area (Å²) in [5, 5.41) is 2.24. The Hall–Kier alpha value is -1.56. The third-order valence-corrected chi connectivity index (χ3v) is 2.68. The van der Waals surface area contributed by atoms with Gasteiger partial charge in [0.2, 0.25) is 0 Å². The lowest BCUT2D eigenvalue weighted by atomic mass is 9.92. The summed E-state index contributed by atoms with van der Waals surface area (Å²) in [5.41, 5.74) is -1.09. The van der Waals surface area contributed by atoms with Gasteiger partial charge in [0.15, 0.2) is 0 Å². The zero-order chi connectivity index (χ0) is 14.5. The van der Waals surface area contributed by atoms with Gasteiger partial charge >= 0.3 is 12.1 Å². The SMILES string of the molecule is CCOC(=O)C(C)(NCC(F)(F)F)c1ccccc1. The lowest BCUT2D eigenvalue weighted by molar-refractivity contribution is -0.155. The van der Waals surface area contributed by atoms with Crippen molar-refractivity contribution in [2.24, 2.45) is 0 Å². The summed E-state index contributed by atoms with van der Waals surface area (Å²) in [6, 6.07) is 8.20. The maximum Gasteiger partial charge on any atom is 0.401 e. The zero-order valence-corrected chi connectivity index (χ0v) is 10.8. The van der Waals surface area contributed by atoms with E-state index in [9.17, 15) is 18.0 Å². The largest absolute Gasteiger partial charge is 0.464 e. The number of hydrogen-bond acceptors (Lipinski definition) is 3. The summed E-state index contributed by atoms with van der Waals surface area (Å²) in [6.45, 7) is 1.82. The highest BCUT2D eigenvalue weighted by atomic mass is 19.4. The van der Waals surface area contributed by atoms with Crippen LogP contribution >= 0.6 is 0 Å². The topological polar surface area (TPSA) is 38.3 Å². The van der Waals surface area contributed by atoms with E-state index in [0.29, 0.717) is 5.56 Å². The normalized spacial score (nSPS) is 14.8. The number of nitrogens with one attached hydrogen (secondary N) is 1. The van der Waals surface area contributed by atoms with Gasteiger partial charge in [-0.1, -0.05) is 30.3 Å². The summed E-state index contributed by atoms with van der Waals surface area (Å²) >= 11 is 0. The Labute approximate surface area is 109 Å². The van der Waals surface area contributed by atoms with Gasteiger partial charge in [0, 0.05) is 0 Å². The molecule has 19 heavy (non-hydrogen) atoms. The average Bonchev–Trinajstić information content (AvgIpc) is 2.36. The van der Waals surface area contributed by atoms with Crippen LogP contribution in [0.25, 0.3) is 0 Å². The van der Waals surface area contributed by atoms with Gasteiger partial charge in [0.25, 0.3) is 0 Å². The molecule has 0 heterocycles. The Morgan fingerprint density at radius 1 is 1.26 bits per heavy atom. The van der Waals surface area contributed by atoms with Crippen molar-refractivity contribution in [3.8, 4) is 0 Å². The maximum atomic E-state index is 12.3. The molecular formula is C13H16F3NO2. The molecule has 6 heteroatoms. The molecule has 0 saturated carbocycles. The summed E-state index contributed by atoms with van der Waals surface area (Å²) < 4.78 is 41.9. The standard InChI is InChI=1S/C13H16F3NO2/c1-3-19-11(18)12(2,17-9-13(14,15)16)10-7-5-4-6-8-10/h4-8,17H,3,9H2,1-2H3. The molecule has 1 N–H and O–H groups in total. The smallest absolute Gasteiger partial charge is 0.401 e. The summed E-state index contributed by atoms with van der Waals surface area (Å²) in [7, 11) is 0. The molecule has 1 atom stereocenters. The molecule has 0 aromatic heterocycles. The van der Waals surface area contributed by atoms with Crippen LogP contribution in [-0.4, -0.2) is 25.3 Å². The van der Waals surface area contributed by atoms with E-state index in [2.05, 4.69) is 5.32 Å². The Morgan fingerprint density at radius 3 is 2.32 bits per heavy atom. The molecule has 3 nitrogen and oxygen atoms in total. The maximum absolute atomic E-state index is 12.3. The fourth-order valence-corrected chi connectivity index (χ4v) is 1.62. The van der Waals surface area contributed by atoms with Crippen LogP contribution in [-0.2, 0) is 15.1 Å². The molecule has 106 valence electrons. The number of carbonyl (C=O) groups is 1. The van der Waals surface area contributed by atoms with E-state index < -0.39 is 24.2 Å². The van der Waals surface area contributed by atoms with Gasteiger partial charge in [-0.3, -0.25) is 5.32 Å². The van der Waals surface area contributed by atoms with E-state index >= 15 is 0 Å². The van der Waals surface area contributed by atoms with Crippen LogP contribution in [0, 0.1) is 0 Å². The predicted octanol–water partition coefficient (Wildman–Crippen LogP) is 2.62. The number of halogens is 3. The number of hydrogen-bond donors (Lipinski definition) is 1. The molecule has 1 aromatic rings. The first-order chi connectivity index (χ1) is 8.79. The van der Waals surface area contributed by atoms with Gasteiger partial charge in [-0.05, 0) is 19.4 Å². The number of esters is 1. The third kappa shape index (κ3) is 4.24. The number of rotatable bonds is 5. The number of benzene rings is 1. The molecule has 0 aliphatic heterocycles. The van der Waals surface area contributed by atoms with E-state index in [4.69, 9.17) is 4.74 Å². The number of alkyl halides is 3. The van der Waals surface area contributed by atoms with Crippen LogP contribution in [0.2, 0.25) is 0 Å². The Morgan fingerprint density at radius 2 is 1.84 bits per heavy atom. The average molecular weight is 275 g/mol. The quantitative estimate of drug-likeness (QED) is 0.839. The number of ether oxygens (including phenoxy) is 1. The van der Waals surface area contributed by atoms with Gasteiger partial charge < -0.3 is 4.74 Å². The van der Waals surface area contributed by atoms with Gasteiger partial charge in [-0.2, -0.15) is 13.2 Å². The minimum absolute atomic E-state index is 0.106. The van der Waals surface area contributed by atoms with E-state index in [-0.39, 0.29) is 6.61 Å². The predicted molar refractivity (Wildman–Crippen MR) is 64.5 cm³/mol. The van der Waals surface area contributed by atoms with Crippen LogP contribution in [0.15, 0.2) is 30.3 Å². The van der Waals surface area contributed by atoms with Crippen LogP contribution in [0.1, 0.15) is 19.4 Å². The van der Waals surface area contributed by atoms with Crippen molar-refractivity contribution in [2.75, 3.05) is 13.2 Å². The minimum atomic E-state index is -4.40. The monoisotopic (exact) mass is 275 g/mol. The molecule has 0 amide bonds. The van der Waals surface area contributed by atoms with Gasteiger partial charge in [0.1, 0.15) is 5.54 Å². The highest BCUT2D eigenvalue weighted by molar-refractivity contribution is 5.82. The Bertz CT molecular complexity index is 420. The molecule has 1 rings (SSSR count). The summed E-state index contributed by atoms with van der Waals surface area (Å²) in [6.07, 6.45) is -4.40. The Balaban J connectivity index is 3.00. The first kappa shape index (κ1) is 15.5. The van der Waals surface area contributed by atoms with Crippen LogP contribution < -0.4 is 5.32 Å². The molecule has 0 aliphatic carbocycles. The van der Waals surface area contributed by atoms with Crippen molar-refractivity contribution in [2.45, 2.75) is 25.6 Å². The van der Waals surface area contributed by atoms with Crippen molar-refractivity contribution in [1.29, 1.82) is 0 Å². The molecule has 0 radical (unpaired) electrons. The highest BCUT2D eigenvalue weighted by Crippen LogP contribution is 2.24. The first-order valence-electron chi connectivity index (χ1n) is 5.84. The summed E-state index contributed by atoms with van der Waals surface area (Å²) in [5.74, 6) is -0.731. The van der Waals surface area contributed by atoms with Gasteiger partial charge in [-0.25, -0.2) is 4.79 Å². The fraction of sp³-hybridized carbons (Fsp3) is 0.462. The van der Waals surface area contributed by atoms with E-state index in [1.807, 2.05) is 0 Å². The highest BCUT2D eigenvalue weighted by Gasteiger charge is 2.40. The van der Waals surface area contributed by atoms with Crippen molar-refractivity contribution >= 4 is 5.97 Å². The molecule has 0 spiro atoms. The Kier molecular flexibility index (Phi) is 4.94. The second-order valence-corrected chi connectivity index (χ2v) is 4.18. The fourth-order valence-electron chi connectivity index (χ4n) is 1.62. The van der Waals surface area contributed by atoms with Crippen LogP contribution in [0.4, 0.5) is 13.2 Å². The van der Waals surface area contributed by atoms with Crippen molar-refractivity contribution in [3.63, 3.8) is 0 Å². The second-order valence-electron chi connectivity index (χ2n) is 4.18. The van der Waals surface area contributed by atoms with Gasteiger partial charge in [-0.15, -0.1) is 0 Å². The van der Waals surface area contributed by atoms with Crippen LogP contribution in [0.3, 0.4) is 0 Å². The molecular weight excluding hydrogens is 259 g/mol. The second kappa shape index (κ2) is 6.06.